The summed E-state index contributed by atoms with van der Waals surface area (Å²) in [4.78, 5) is 33.0. The second-order valence-corrected chi connectivity index (χ2v) is 6.73. The number of aliphatic hydroxyl groups is 1. The number of fused-ring (bicyclic) bond motifs is 1. The highest BCUT2D eigenvalue weighted by molar-refractivity contribution is 5.93. The summed E-state index contributed by atoms with van der Waals surface area (Å²) < 4.78 is 6.97. The van der Waals surface area contributed by atoms with Gasteiger partial charge in [0.15, 0.2) is 0 Å². The standard InChI is InChI=1S/C20H21N3O5/c1-11(2)16(10-24)23-9-15(20(26)27)17(25)14-8-13(12-4-6-21-7-5-12)19(28-3)22-18(14)23/h4-9,11,16,24H,10H2,1-3H3,(H,26,27)/t16-/m1/s1. The molecule has 0 spiro atoms. The number of nitrogens with zero attached hydrogens (tertiary/aromatic N) is 3. The zero-order valence-corrected chi connectivity index (χ0v) is 15.8. The van der Waals surface area contributed by atoms with Crippen LogP contribution in [0.5, 0.6) is 5.88 Å². The van der Waals surface area contributed by atoms with Gasteiger partial charge in [0, 0.05) is 24.2 Å². The van der Waals surface area contributed by atoms with Gasteiger partial charge in [0.1, 0.15) is 11.2 Å². The minimum atomic E-state index is -1.33. The molecule has 0 saturated heterocycles. The van der Waals surface area contributed by atoms with Gasteiger partial charge in [-0.1, -0.05) is 13.8 Å². The molecule has 0 aliphatic heterocycles. The molecule has 0 aromatic carbocycles. The molecule has 2 N–H and O–H groups in total. The summed E-state index contributed by atoms with van der Waals surface area (Å²) in [6, 6.07) is 4.62. The molecule has 8 nitrogen and oxygen atoms in total. The fourth-order valence-corrected chi connectivity index (χ4v) is 3.17. The van der Waals surface area contributed by atoms with E-state index < -0.39 is 17.4 Å². The Bertz CT molecular complexity index is 1080. The van der Waals surface area contributed by atoms with Crippen molar-refractivity contribution in [3.05, 3.63) is 52.6 Å². The Morgan fingerprint density at radius 2 is 1.96 bits per heavy atom. The molecule has 0 bridgehead atoms. The van der Waals surface area contributed by atoms with E-state index in [1.54, 1.807) is 35.2 Å². The highest BCUT2D eigenvalue weighted by Gasteiger charge is 2.23. The summed E-state index contributed by atoms with van der Waals surface area (Å²) in [5.41, 5.74) is 0.533. The monoisotopic (exact) mass is 383 g/mol. The average Bonchev–Trinajstić information content (AvgIpc) is 2.69. The lowest BCUT2D eigenvalue weighted by Crippen LogP contribution is -2.26. The number of hydrogen-bond donors (Lipinski definition) is 2. The van der Waals surface area contributed by atoms with Crippen LogP contribution in [0.4, 0.5) is 0 Å². The molecule has 0 aliphatic carbocycles. The van der Waals surface area contributed by atoms with Crippen molar-refractivity contribution in [1.29, 1.82) is 0 Å². The SMILES string of the molecule is COc1nc2c(cc1-c1ccncc1)c(=O)c(C(=O)O)cn2[C@H](CO)C(C)C. The number of hydrogen-bond acceptors (Lipinski definition) is 6. The van der Waals surface area contributed by atoms with Crippen LogP contribution in [0.15, 0.2) is 41.6 Å². The molecule has 28 heavy (non-hydrogen) atoms. The van der Waals surface area contributed by atoms with Gasteiger partial charge in [-0.15, -0.1) is 0 Å². The summed E-state index contributed by atoms with van der Waals surface area (Å²) in [5.74, 6) is -1.07. The molecule has 0 radical (unpaired) electrons. The van der Waals surface area contributed by atoms with Crippen molar-refractivity contribution in [2.75, 3.05) is 13.7 Å². The van der Waals surface area contributed by atoms with Crippen LogP contribution in [-0.2, 0) is 0 Å². The lowest BCUT2D eigenvalue weighted by molar-refractivity contribution is 0.0694. The van der Waals surface area contributed by atoms with Crippen molar-refractivity contribution < 1.29 is 19.7 Å². The molecular formula is C20H21N3O5. The number of pyridine rings is 3. The van der Waals surface area contributed by atoms with E-state index in [1.807, 2.05) is 13.8 Å². The van der Waals surface area contributed by atoms with E-state index >= 15 is 0 Å². The third kappa shape index (κ3) is 3.34. The Hall–Kier alpha value is -3.26. The third-order valence-corrected chi connectivity index (χ3v) is 4.70. The molecule has 3 aromatic rings. The van der Waals surface area contributed by atoms with Crippen LogP contribution >= 0.6 is 0 Å². The fraction of sp³-hybridized carbons (Fsp3) is 0.300. The molecule has 0 fully saturated rings. The van der Waals surface area contributed by atoms with E-state index in [9.17, 15) is 19.8 Å². The summed E-state index contributed by atoms with van der Waals surface area (Å²) in [6.07, 6.45) is 4.45. The van der Waals surface area contributed by atoms with Crippen LogP contribution < -0.4 is 10.2 Å². The second kappa shape index (κ2) is 7.77. The summed E-state index contributed by atoms with van der Waals surface area (Å²) >= 11 is 0. The van der Waals surface area contributed by atoms with E-state index in [2.05, 4.69) is 9.97 Å². The van der Waals surface area contributed by atoms with Gasteiger partial charge in [0.25, 0.3) is 0 Å². The Balaban J connectivity index is 2.44. The van der Waals surface area contributed by atoms with Gasteiger partial charge in [-0.05, 0) is 29.7 Å². The maximum atomic E-state index is 12.8. The number of carboxylic acid groups (broad SMARTS) is 1. The van der Waals surface area contributed by atoms with E-state index in [-0.39, 0.29) is 35.0 Å². The number of rotatable bonds is 6. The zero-order valence-electron chi connectivity index (χ0n) is 15.8. The van der Waals surface area contributed by atoms with Gasteiger partial charge < -0.3 is 19.5 Å². The third-order valence-electron chi connectivity index (χ3n) is 4.70. The number of ether oxygens (including phenoxy) is 1. The number of methoxy groups -OCH3 is 1. The van der Waals surface area contributed by atoms with Gasteiger partial charge >= 0.3 is 5.97 Å². The van der Waals surface area contributed by atoms with Gasteiger partial charge in [0.2, 0.25) is 11.3 Å². The van der Waals surface area contributed by atoms with Crippen molar-refractivity contribution in [3.8, 4) is 17.0 Å². The van der Waals surface area contributed by atoms with Crippen molar-refractivity contribution in [2.45, 2.75) is 19.9 Å². The Kier molecular flexibility index (Phi) is 5.41. The molecule has 0 unspecified atom stereocenters. The molecule has 3 aromatic heterocycles. The summed E-state index contributed by atoms with van der Waals surface area (Å²) in [5, 5.41) is 19.5. The van der Waals surface area contributed by atoms with Gasteiger partial charge in [-0.3, -0.25) is 9.78 Å². The van der Waals surface area contributed by atoms with Crippen LogP contribution in [0.2, 0.25) is 0 Å². The van der Waals surface area contributed by atoms with E-state index in [1.165, 1.54) is 13.3 Å². The molecule has 0 aliphatic rings. The average molecular weight is 383 g/mol. The number of carbonyl (C=O) groups is 1. The Morgan fingerprint density at radius 3 is 2.50 bits per heavy atom. The zero-order chi connectivity index (χ0) is 20.4. The second-order valence-electron chi connectivity index (χ2n) is 6.73. The molecule has 3 rings (SSSR count). The lowest BCUT2D eigenvalue weighted by Gasteiger charge is -2.24. The number of carboxylic acids is 1. The summed E-state index contributed by atoms with van der Waals surface area (Å²) in [7, 11) is 1.47. The molecule has 0 amide bonds. The summed E-state index contributed by atoms with van der Waals surface area (Å²) in [6.45, 7) is 3.56. The molecule has 0 saturated carbocycles. The Morgan fingerprint density at radius 1 is 1.29 bits per heavy atom. The number of aliphatic hydroxyl groups excluding tert-OH is 1. The minimum Gasteiger partial charge on any atom is -0.480 e. The van der Waals surface area contributed by atoms with Gasteiger partial charge in [0.05, 0.1) is 25.1 Å². The molecule has 3 heterocycles. The van der Waals surface area contributed by atoms with Crippen molar-refractivity contribution in [3.63, 3.8) is 0 Å². The van der Waals surface area contributed by atoms with Gasteiger partial charge in [-0.25, -0.2) is 4.79 Å². The predicted molar refractivity (Wildman–Crippen MR) is 104 cm³/mol. The van der Waals surface area contributed by atoms with Crippen molar-refractivity contribution in [2.24, 2.45) is 5.92 Å². The largest absolute Gasteiger partial charge is 0.480 e. The van der Waals surface area contributed by atoms with Crippen molar-refractivity contribution in [1.82, 2.24) is 14.5 Å². The first-order valence-corrected chi connectivity index (χ1v) is 8.77. The Labute approximate surface area is 161 Å². The smallest absolute Gasteiger partial charge is 0.341 e. The first kappa shape index (κ1) is 19.5. The highest BCUT2D eigenvalue weighted by Crippen LogP contribution is 2.32. The van der Waals surface area contributed by atoms with E-state index in [0.29, 0.717) is 5.56 Å². The van der Waals surface area contributed by atoms with E-state index in [4.69, 9.17) is 4.74 Å². The predicted octanol–water partition coefficient (Wildman–Crippen LogP) is 2.35. The normalized spacial score (nSPS) is 12.3. The highest BCUT2D eigenvalue weighted by atomic mass is 16.5. The molecule has 1 atom stereocenters. The molecule has 8 heteroatoms. The number of aromatic nitrogens is 3. The van der Waals surface area contributed by atoms with Crippen LogP contribution in [0.3, 0.4) is 0 Å². The lowest BCUT2D eigenvalue weighted by atomic mass is 10.0. The topological polar surface area (TPSA) is 115 Å². The van der Waals surface area contributed by atoms with Gasteiger partial charge in [-0.2, -0.15) is 4.98 Å². The van der Waals surface area contributed by atoms with Crippen molar-refractivity contribution >= 4 is 17.0 Å². The first-order valence-electron chi connectivity index (χ1n) is 8.77. The number of aromatic carboxylic acids is 1. The maximum absolute atomic E-state index is 12.8. The minimum absolute atomic E-state index is 0.0231. The van der Waals surface area contributed by atoms with Crippen LogP contribution in [0.1, 0.15) is 30.2 Å². The van der Waals surface area contributed by atoms with Crippen LogP contribution in [0, 0.1) is 5.92 Å². The first-order chi connectivity index (χ1) is 13.4. The molecular weight excluding hydrogens is 362 g/mol. The quantitative estimate of drug-likeness (QED) is 0.671. The van der Waals surface area contributed by atoms with Crippen LogP contribution in [-0.4, -0.2) is 44.4 Å². The van der Waals surface area contributed by atoms with E-state index in [0.717, 1.165) is 5.56 Å². The van der Waals surface area contributed by atoms with Crippen LogP contribution in [0.25, 0.3) is 22.2 Å². The maximum Gasteiger partial charge on any atom is 0.341 e. The molecule has 146 valence electrons. The fourth-order valence-electron chi connectivity index (χ4n) is 3.17.